The summed E-state index contributed by atoms with van der Waals surface area (Å²) in [4.78, 5) is 25.3. The van der Waals surface area contributed by atoms with Crippen LogP contribution < -0.4 is 0 Å². The lowest BCUT2D eigenvalue weighted by Gasteiger charge is -2.15. The van der Waals surface area contributed by atoms with E-state index in [-0.39, 0.29) is 12.2 Å². The van der Waals surface area contributed by atoms with Crippen molar-refractivity contribution in [2.24, 2.45) is 0 Å². The van der Waals surface area contributed by atoms with Crippen molar-refractivity contribution < 1.29 is 14.3 Å². The van der Waals surface area contributed by atoms with Crippen molar-refractivity contribution in [2.45, 2.75) is 19.9 Å². The largest absolute Gasteiger partial charge is 0.463 e. The van der Waals surface area contributed by atoms with E-state index < -0.39 is 5.97 Å². The van der Waals surface area contributed by atoms with Crippen LogP contribution in [0.5, 0.6) is 0 Å². The zero-order chi connectivity index (χ0) is 14.4. The van der Waals surface area contributed by atoms with E-state index in [0.29, 0.717) is 18.7 Å². The van der Waals surface area contributed by atoms with Gasteiger partial charge in [0, 0.05) is 25.4 Å². The number of ketones is 1. The van der Waals surface area contributed by atoms with Crippen LogP contribution in [0.3, 0.4) is 0 Å². The molecule has 0 N–H and O–H groups in total. The number of nitrogens with zero attached hydrogens (tertiary/aromatic N) is 1. The fraction of sp³-hybridized carbons (Fsp3) is 0.250. The van der Waals surface area contributed by atoms with Crippen LogP contribution in [0.15, 0.2) is 54.4 Å². The highest BCUT2D eigenvalue weighted by molar-refractivity contribution is 6.00. The van der Waals surface area contributed by atoms with Gasteiger partial charge in [-0.2, -0.15) is 0 Å². The van der Waals surface area contributed by atoms with E-state index in [1.165, 1.54) is 6.08 Å². The molecular weight excluding hydrogens is 254 g/mol. The molecule has 1 aromatic rings. The molecule has 2 rings (SSSR count). The third-order valence-corrected chi connectivity index (χ3v) is 2.88. The van der Waals surface area contributed by atoms with Gasteiger partial charge in [-0.15, -0.1) is 0 Å². The Morgan fingerprint density at radius 3 is 2.75 bits per heavy atom. The zero-order valence-corrected chi connectivity index (χ0v) is 11.4. The first kappa shape index (κ1) is 14.1. The van der Waals surface area contributed by atoms with Gasteiger partial charge in [-0.25, -0.2) is 4.79 Å². The Morgan fingerprint density at radius 2 is 2.05 bits per heavy atom. The summed E-state index contributed by atoms with van der Waals surface area (Å²) in [6, 6.07) is 9.86. The fourth-order valence-corrected chi connectivity index (χ4v) is 1.96. The third kappa shape index (κ3) is 3.82. The summed E-state index contributed by atoms with van der Waals surface area (Å²) in [6.07, 6.45) is 4.96. The number of rotatable bonds is 4. The Labute approximate surface area is 118 Å². The molecule has 4 nitrogen and oxygen atoms in total. The molecule has 0 aliphatic carbocycles. The van der Waals surface area contributed by atoms with E-state index in [1.54, 1.807) is 19.3 Å². The van der Waals surface area contributed by atoms with Crippen molar-refractivity contribution >= 4 is 11.8 Å². The van der Waals surface area contributed by atoms with Crippen molar-refractivity contribution in [1.29, 1.82) is 0 Å². The number of carbonyl (C=O) groups is 2. The van der Waals surface area contributed by atoms with Crippen molar-refractivity contribution in [3.8, 4) is 0 Å². The molecule has 0 aromatic heterocycles. The van der Waals surface area contributed by atoms with E-state index in [0.717, 1.165) is 5.56 Å². The van der Waals surface area contributed by atoms with Crippen LogP contribution in [0.2, 0.25) is 0 Å². The van der Waals surface area contributed by atoms with E-state index in [4.69, 9.17) is 4.74 Å². The standard InChI is InChI=1S/C16H17NO3/c1-2-20-16(19)14-10-15(18)8-9-17(12-14)11-13-6-4-3-5-7-13/h3-9,12H,2,10-11H2,1H3. The fourth-order valence-electron chi connectivity index (χ4n) is 1.96. The van der Waals surface area contributed by atoms with E-state index >= 15 is 0 Å². The summed E-state index contributed by atoms with van der Waals surface area (Å²) >= 11 is 0. The highest BCUT2D eigenvalue weighted by atomic mass is 16.5. The molecule has 0 fully saturated rings. The number of carbonyl (C=O) groups excluding carboxylic acids is 2. The SMILES string of the molecule is CCOC(=O)C1=CN(Cc2ccccc2)C=CC(=O)C1. The minimum Gasteiger partial charge on any atom is -0.463 e. The molecule has 1 aliphatic heterocycles. The lowest BCUT2D eigenvalue weighted by molar-refractivity contribution is -0.139. The Balaban J connectivity index is 2.17. The molecule has 1 heterocycles. The van der Waals surface area contributed by atoms with Gasteiger partial charge >= 0.3 is 5.97 Å². The number of ether oxygens (including phenoxy) is 1. The van der Waals surface area contributed by atoms with E-state index in [9.17, 15) is 9.59 Å². The molecule has 0 amide bonds. The normalized spacial score (nSPS) is 14.8. The van der Waals surface area contributed by atoms with Gasteiger partial charge < -0.3 is 9.64 Å². The summed E-state index contributed by atoms with van der Waals surface area (Å²) in [7, 11) is 0. The van der Waals surface area contributed by atoms with Crippen LogP contribution >= 0.6 is 0 Å². The molecular formula is C16H17NO3. The molecule has 0 saturated carbocycles. The third-order valence-electron chi connectivity index (χ3n) is 2.88. The van der Waals surface area contributed by atoms with Gasteiger partial charge in [-0.1, -0.05) is 30.3 Å². The minimum atomic E-state index is -0.428. The molecule has 0 unspecified atom stereocenters. The summed E-state index contributed by atoms with van der Waals surface area (Å²) in [5, 5.41) is 0. The number of esters is 1. The average molecular weight is 271 g/mol. The maximum atomic E-state index is 11.8. The molecule has 0 atom stereocenters. The average Bonchev–Trinajstić information content (AvgIpc) is 2.63. The molecule has 0 spiro atoms. The molecule has 104 valence electrons. The van der Waals surface area contributed by atoms with E-state index in [1.807, 2.05) is 35.2 Å². The van der Waals surface area contributed by atoms with Crippen LogP contribution in [0, 0.1) is 0 Å². The van der Waals surface area contributed by atoms with Gasteiger partial charge in [0.1, 0.15) is 0 Å². The zero-order valence-electron chi connectivity index (χ0n) is 11.4. The van der Waals surface area contributed by atoms with Crippen LogP contribution in [-0.4, -0.2) is 23.3 Å². The maximum absolute atomic E-state index is 11.8. The molecule has 0 bridgehead atoms. The van der Waals surface area contributed by atoms with Crippen molar-refractivity contribution in [2.75, 3.05) is 6.61 Å². The second-order valence-corrected chi connectivity index (χ2v) is 4.49. The van der Waals surface area contributed by atoms with Crippen molar-refractivity contribution in [1.82, 2.24) is 4.90 Å². The molecule has 0 saturated heterocycles. The van der Waals surface area contributed by atoms with Crippen molar-refractivity contribution in [3.05, 3.63) is 59.9 Å². The van der Waals surface area contributed by atoms with Crippen LogP contribution in [0.25, 0.3) is 0 Å². The van der Waals surface area contributed by atoms with Crippen molar-refractivity contribution in [3.63, 3.8) is 0 Å². The smallest absolute Gasteiger partial charge is 0.335 e. The predicted molar refractivity (Wildman–Crippen MR) is 75.5 cm³/mol. The Bertz CT molecular complexity index is 546. The first-order chi connectivity index (χ1) is 9.69. The van der Waals surface area contributed by atoms with E-state index in [2.05, 4.69) is 0 Å². The molecule has 4 heteroatoms. The molecule has 0 radical (unpaired) electrons. The molecule has 1 aliphatic rings. The predicted octanol–water partition coefficient (Wildman–Crippen LogP) is 2.42. The van der Waals surface area contributed by atoms with Gasteiger partial charge in [0.25, 0.3) is 0 Å². The molecule has 20 heavy (non-hydrogen) atoms. The number of hydrogen-bond donors (Lipinski definition) is 0. The topological polar surface area (TPSA) is 46.6 Å². The molecule has 1 aromatic carbocycles. The summed E-state index contributed by atoms with van der Waals surface area (Å²) in [5.41, 5.74) is 1.49. The maximum Gasteiger partial charge on any atom is 0.335 e. The van der Waals surface area contributed by atoms with Crippen LogP contribution in [-0.2, 0) is 20.9 Å². The lowest BCUT2D eigenvalue weighted by atomic mass is 10.1. The Kier molecular flexibility index (Phi) is 4.71. The highest BCUT2D eigenvalue weighted by Gasteiger charge is 2.17. The monoisotopic (exact) mass is 271 g/mol. The Hall–Kier alpha value is -2.36. The number of hydrogen-bond acceptors (Lipinski definition) is 4. The quantitative estimate of drug-likeness (QED) is 0.789. The minimum absolute atomic E-state index is 0.0840. The van der Waals surface area contributed by atoms with Crippen LogP contribution in [0.1, 0.15) is 18.9 Å². The Morgan fingerprint density at radius 1 is 1.30 bits per heavy atom. The lowest BCUT2D eigenvalue weighted by Crippen LogP contribution is -2.14. The summed E-state index contributed by atoms with van der Waals surface area (Å²) in [5.74, 6) is -0.525. The van der Waals surface area contributed by atoms with Gasteiger partial charge in [0.05, 0.1) is 12.2 Å². The first-order valence-electron chi connectivity index (χ1n) is 6.57. The highest BCUT2D eigenvalue weighted by Crippen LogP contribution is 2.15. The number of benzene rings is 1. The van der Waals surface area contributed by atoms with Gasteiger partial charge in [-0.3, -0.25) is 4.79 Å². The summed E-state index contributed by atoms with van der Waals surface area (Å²) in [6.45, 7) is 2.65. The van der Waals surface area contributed by atoms with Crippen LogP contribution in [0.4, 0.5) is 0 Å². The second kappa shape index (κ2) is 6.70. The summed E-state index contributed by atoms with van der Waals surface area (Å²) < 4.78 is 4.97. The van der Waals surface area contributed by atoms with Gasteiger partial charge in [0.2, 0.25) is 0 Å². The number of allylic oxidation sites excluding steroid dienone is 1. The van der Waals surface area contributed by atoms with Gasteiger partial charge in [-0.05, 0) is 18.6 Å². The van der Waals surface area contributed by atoms with Gasteiger partial charge in [0.15, 0.2) is 5.78 Å². The second-order valence-electron chi connectivity index (χ2n) is 4.49. The first-order valence-corrected chi connectivity index (χ1v) is 6.57.